The van der Waals surface area contributed by atoms with Crippen LogP contribution in [0.25, 0.3) is 5.69 Å². The van der Waals surface area contributed by atoms with Crippen LogP contribution in [-0.4, -0.2) is 37.3 Å². The number of aryl methyl sites for hydroxylation is 1. The second-order valence-electron chi connectivity index (χ2n) is 6.80. The van der Waals surface area contributed by atoms with E-state index >= 15 is 0 Å². The molecule has 1 fully saturated rings. The van der Waals surface area contributed by atoms with Crippen molar-refractivity contribution in [3.63, 3.8) is 0 Å². The molecule has 0 spiro atoms. The maximum Gasteiger partial charge on any atom is 0.329 e. The number of nitrogens with zero attached hydrogens (tertiary/aromatic N) is 3. The quantitative estimate of drug-likeness (QED) is 0.870. The van der Waals surface area contributed by atoms with Gasteiger partial charge in [-0.15, -0.1) is 5.10 Å². The molecule has 1 aromatic carbocycles. The molecule has 2 aromatic rings. The summed E-state index contributed by atoms with van der Waals surface area (Å²) in [4.78, 5) is 28.1. The molecule has 1 heterocycles. The van der Waals surface area contributed by atoms with Gasteiger partial charge in [-0.1, -0.05) is 32.0 Å². The zero-order valence-corrected chi connectivity index (χ0v) is 14.6. The third-order valence-electron chi connectivity index (χ3n) is 4.73. The summed E-state index contributed by atoms with van der Waals surface area (Å²) in [6, 6.07) is 7.83. The molecule has 7 heteroatoms. The number of aliphatic carboxylic acids is 1. The fraction of sp³-hybridized carbons (Fsp3) is 0.444. The molecular weight excluding hydrogens is 320 g/mol. The van der Waals surface area contributed by atoms with Gasteiger partial charge in [-0.2, -0.15) is 0 Å². The molecule has 0 radical (unpaired) electrons. The molecule has 0 aliphatic heterocycles. The van der Waals surface area contributed by atoms with Crippen molar-refractivity contribution >= 4 is 11.9 Å². The molecule has 1 aromatic heterocycles. The van der Waals surface area contributed by atoms with E-state index in [9.17, 15) is 14.7 Å². The van der Waals surface area contributed by atoms with Crippen LogP contribution in [0.3, 0.4) is 0 Å². The van der Waals surface area contributed by atoms with Gasteiger partial charge in [-0.3, -0.25) is 4.79 Å². The van der Waals surface area contributed by atoms with Gasteiger partial charge in [0.1, 0.15) is 11.4 Å². The Kier molecular flexibility index (Phi) is 4.32. The van der Waals surface area contributed by atoms with Crippen molar-refractivity contribution in [2.45, 2.75) is 51.5 Å². The number of rotatable bonds is 5. The highest BCUT2D eigenvalue weighted by Gasteiger charge is 2.46. The SMILES string of the molecule is Cc1nc(C(=O)NC2(C(=O)O)CCC2)nn1-c1ccccc1C(C)C. The van der Waals surface area contributed by atoms with Gasteiger partial charge < -0.3 is 10.4 Å². The fourth-order valence-electron chi connectivity index (χ4n) is 3.08. The van der Waals surface area contributed by atoms with Gasteiger partial charge in [-0.25, -0.2) is 14.5 Å². The van der Waals surface area contributed by atoms with E-state index in [1.165, 1.54) is 0 Å². The largest absolute Gasteiger partial charge is 0.480 e. The molecule has 0 atom stereocenters. The van der Waals surface area contributed by atoms with Gasteiger partial charge in [0.15, 0.2) is 0 Å². The van der Waals surface area contributed by atoms with Crippen molar-refractivity contribution in [2.75, 3.05) is 0 Å². The minimum Gasteiger partial charge on any atom is -0.480 e. The highest BCUT2D eigenvalue weighted by atomic mass is 16.4. The number of hydrogen-bond acceptors (Lipinski definition) is 4. The van der Waals surface area contributed by atoms with Gasteiger partial charge in [0.2, 0.25) is 5.82 Å². The monoisotopic (exact) mass is 342 g/mol. The second-order valence-corrected chi connectivity index (χ2v) is 6.80. The highest BCUT2D eigenvalue weighted by Crippen LogP contribution is 2.32. The normalized spacial score (nSPS) is 15.7. The van der Waals surface area contributed by atoms with E-state index in [0.29, 0.717) is 24.6 Å². The Hall–Kier alpha value is -2.70. The molecular formula is C18H22N4O3. The summed E-state index contributed by atoms with van der Waals surface area (Å²) < 4.78 is 1.64. The molecule has 0 unspecified atom stereocenters. The Labute approximate surface area is 146 Å². The summed E-state index contributed by atoms with van der Waals surface area (Å²) in [6.07, 6.45) is 1.66. The molecule has 0 saturated heterocycles. The lowest BCUT2D eigenvalue weighted by atomic mass is 9.77. The highest BCUT2D eigenvalue weighted by molar-refractivity contribution is 5.95. The first kappa shape index (κ1) is 17.1. The molecule has 3 rings (SSSR count). The number of carboxylic acids is 1. The molecule has 132 valence electrons. The number of carbonyl (C=O) groups excluding carboxylic acids is 1. The number of carboxylic acid groups (broad SMARTS) is 1. The Morgan fingerprint density at radius 3 is 2.52 bits per heavy atom. The van der Waals surface area contributed by atoms with Gasteiger partial charge in [0, 0.05) is 0 Å². The molecule has 1 aliphatic carbocycles. The summed E-state index contributed by atoms with van der Waals surface area (Å²) >= 11 is 0. The second kappa shape index (κ2) is 6.31. The lowest BCUT2D eigenvalue weighted by molar-refractivity contribution is -0.148. The Morgan fingerprint density at radius 2 is 1.96 bits per heavy atom. The van der Waals surface area contributed by atoms with E-state index in [4.69, 9.17) is 0 Å². The van der Waals surface area contributed by atoms with Crippen molar-refractivity contribution in [1.82, 2.24) is 20.1 Å². The average molecular weight is 342 g/mol. The summed E-state index contributed by atoms with van der Waals surface area (Å²) in [5.74, 6) is -0.693. The van der Waals surface area contributed by atoms with Crippen LogP contribution in [0, 0.1) is 6.92 Å². The third kappa shape index (κ3) is 3.01. The first-order chi connectivity index (χ1) is 11.8. The molecule has 1 saturated carbocycles. The van der Waals surface area contributed by atoms with E-state index < -0.39 is 17.4 Å². The number of aromatic nitrogens is 3. The Morgan fingerprint density at radius 1 is 1.28 bits per heavy atom. The minimum absolute atomic E-state index is 0.0106. The van der Waals surface area contributed by atoms with E-state index in [1.807, 2.05) is 24.3 Å². The van der Waals surface area contributed by atoms with Crippen LogP contribution < -0.4 is 5.32 Å². The van der Waals surface area contributed by atoms with Gasteiger partial charge in [-0.05, 0) is 43.7 Å². The van der Waals surface area contributed by atoms with Crippen LogP contribution in [-0.2, 0) is 4.79 Å². The van der Waals surface area contributed by atoms with Gasteiger partial charge in [0.05, 0.1) is 5.69 Å². The number of benzene rings is 1. The maximum atomic E-state index is 12.5. The number of carbonyl (C=O) groups is 2. The molecule has 1 aliphatic rings. The molecule has 7 nitrogen and oxygen atoms in total. The molecule has 2 N–H and O–H groups in total. The first-order valence-corrected chi connectivity index (χ1v) is 8.43. The van der Waals surface area contributed by atoms with Crippen LogP contribution in [0.5, 0.6) is 0 Å². The summed E-state index contributed by atoms with van der Waals surface area (Å²) in [5, 5.41) is 16.3. The van der Waals surface area contributed by atoms with Crippen molar-refractivity contribution in [2.24, 2.45) is 0 Å². The van der Waals surface area contributed by atoms with E-state index in [2.05, 4.69) is 29.2 Å². The molecule has 25 heavy (non-hydrogen) atoms. The molecule has 0 bridgehead atoms. The average Bonchev–Trinajstić information content (AvgIpc) is 2.92. The smallest absolute Gasteiger partial charge is 0.329 e. The number of nitrogens with one attached hydrogen (secondary N) is 1. The third-order valence-corrected chi connectivity index (χ3v) is 4.73. The van der Waals surface area contributed by atoms with E-state index in [1.54, 1.807) is 11.6 Å². The standard InChI is InChI=1S/C18H22N4O3/c1-11(2)13-7-4-5-8-14(13)22-12(3)19-15(21-22)16(23)20-18(17(24)25)9-6-10-18/h4-5,7-8,11H,6,9-10H2,1-3H3,(H,20,23)(H,24,25). The van der Waals surface area contributed by atoms with Crippen molar-refractivity contribution in [3.05, 3.63) is 41.5 Å². The summed E-state index contributed by atoms with van der Waals surface area (Å²) in [6.45, 7) is 5.95. The number of amides is 1. The Bertz CT molecular complexity index is 821. The van der Waals surface area contributed by atoms with E-state index in [-0.39, 0.29) is 5.82 Å². The number of hydrogen-bond donors (Lipinski definition) is 2. The topological polar surface area (TPSA) is 97.1 Å². The van der Waals surface area contributed by atoms with Crippen molar-refractivity contribution in [1.29, 1.82) is 0 Å². The molecule has 1 amide bonds. The summed E-state index contributed by atoms with van der Waals surface area (Å²) in [5.41, 5.74) is 0.799. The van der Waals surface area contributed by atoms with E-state index in [0.717, 1.165) is 17.7 Å². The minimum atomic E-state index is -1.17. The van der Waals surface area contributed by atoms with Crippen molar-refractivity contribution in [3.8, 4) is 5.69 Å². The van der Waals surface area contributed by atoms with Crippen LogP contribution in [0.15, 0.2) is 24.3 Å². The van der Waals surface area contributed by atoms with Crippen molar-refractivity contribution < 1.29 is 14.7 Å². The first-order valence-electron chi connectivity index (χ1n) is 8.43. The Balaban J connectivity index is 1.91. The zero-order valence-electron chi connectivity index (χ0n) is 14.6. The van der Waals surface area contributed by atoms with Crippen LogP contribution in [0.4, 0.5) is 0 Å². The summed E-state index contributed by atoms with van der Waals surface area (Å²) in [7, 11) is 0. The van der Waals surface area contributed by atoms with Crippen LogP contribution in [0.2, 0.25) is 0 Å². The van der Waals surface area contributed by atoms with Gasteiger partial charge >= 0.3 is 5.97 Å². The van der Waals surface area contributed by atoms with Crippen LogP contribution >= 0.6 is 0 Å². The predicted octanol–water partition coefficient (Wildman–Crippen LogP) is 2.44. The van der Waals surface area contributed by atoms with Gasteiger partial charge in [0.25, 0.3) is 5.91 Å². The zero-order chi connectivity index (χ0) is 18.2. The van der Waals surface area contributed by atoms with Crippen LogP contribution in [0.1, 0.15) is 61.0 Å². The maximum absolute atomic E-state index is 12.5. The lowest BCUT2D eigenvalue weighted by Crippen LogP contribution is -2.59. The predicted molar refractivity (Wildman–Crippen MR) is 91.9 cm³/mol. The number of para-hydroxylation sites is 1. The fourth-order valence-corrected chi connectivity index (χ4v) is 3.08. The lowest BCUT2D eigenvalue weighted by Gasteiger charge is -2.37.